The minimum absolute atomic E-state index is 0.0389. The molecule has 1 aliphatic rings. The molecule has 4 aromatic rings. The Hall–Kier alpha value is -3.78. The molecule has 7 nitrogen and oxygen atoms in total. The molecule has 1 N–H and O–H groups in total. The molecule has 2 aromatic heterocycles. The number of aromatic nitrogens is 2. The number of rotatable bonds is 6. The van der Waals surface area contributed by atoms with E-state index in [1.807, 2.05) is 71.4 Å². The van der Waals surface area contributed by atoms with Gasteiger partial charge in [0.25, 0.3) is 0 Å². The van der Waals surface area contributed by atoms with Crippen molar-refractivity contribution in [3.63, 3.8) is 0 Å². The van der Waals surface area contributed by atoms with Crippen molar-refractivity contribution in [2.45, 2.75) is 11.5 Å². The number of benzene rings is 2. The van der Waals surface area contributed by atoms with Crippen LogP contribution < -0.4 is 15.0 Å². The maximum absolute atomic E-state index is 12.7. The standard InChI is InChI=1S/C24H20N4O3S/c29-23(14-28-20-8-1-2-9-21(20)32-16-24(28)30)26-17-6-5-7-19(12-17)31-15-18-13-27-11-4-3-10-22(27)25-18/h1-13H,14-16H2,(H,26,29). The smallest absolute Gasteiger partial charge is 0.244 e. The first-order valence-corrected chi connectivity index (χ1v) is 11.1. The van der Waals surface area contributed by atoms with Gasteiger partial charge < -0.3 is 19.4 Å². The molecule has 0 radical (unpaired) electrons. The van der Waals surface area contributed by atoms with Crippen LogP contribution in [0.25, 0.3) is 5.65 Å². The molecule has 0 spiro atoms. The lowest BCUT2D eigenvalue weighted by molar-refractivity contribution is -0.120. The molecule has 2 aromatic carbocycles. The van der Waals surface area contributed by atoms with Gasteiger partial charge in [0.1, 0.15) is 24.5 Å². The first-order valence-electron chi connectivity index (χ1n) is 10.1. The summed E-state index contributed by atoms with van der Waals surface area (Å²) in [6.45, 7) is 0.276. The fourth-order valence-electron chi connectivity index (χ4n) is 3.55. The summed E-state index contributed by atoms with van der Waals surface area (Å²) >= 11 is 1.49. The second-order valence-electron chi connectivity index (χ2n) is 7.30. The van der Waals surface area contributed by atoms with Gasteiger partial charge in [0.05, 0.1) is 17.1 Å². The van der Waals surface area contributed by atoms with Gasteiger partial charge in [-0.3, -0.25) is 9.59 Å². The first-order chi connectivity index (χ1) is 15.7. The zero-order valence-corrected chi connectivity index (χ0v) is 17.9. The van der Waals surface area contributed by atoms with Gasteiger partial charge in [-0.25, -0.2) is 4.98 Å². The van der Waals surface area contributed by atoms with Crippen molar-refractivity contribution in [1.82, 2.24) is 9.38 Å². The van der Waals surface area contributed by atoms with E-state index >= 15 is 0 Å². The van der Waals surface area contributed by atoms with Gasteiger partial charge in [-0.1, -0.05) is 24.3 Å². The number of hydrogen-bond acceptors (Lipinski definition) is 5. The van der Waals surface area contributed by atoms with Crippen LogP contribution in [0.4, 0.5) is 11.4 Å². The van der Waals surface area contributed by atoms with Crippen LogP contribution in [0.2, 0.25) is 0 Å². The predicted molar refractivity (Wildman–Crippen MR) is 124 cm³/mol. The van der Waals surface area contributed by atoms with Gasteiger partial charge in [0.15, 0.2) is 0 Å². The van der Waals surface area contributed by atoms with Crippen LogP contribution in [-0.4, -0.2) is 33.5 Å². The lowest BCUT2D eigenvalue weighted by atomic mass is 10.2. The summed E-state index contributed by atoms with van der Waals surface area (Å²) in [5, 5.41) is 2.86. The average molecular weight is 445 g/mol. The van der Waals surface area contributed by atoms with Crippen molar-refractivity contribution < 1.29 is 14.3 Å². The van der Waals surface area contributed by atoms with Crippen LogP contribution in [0, 0.1) is 0 Å². The summed E-state index contributed by atoms with van der Waals surface area (Å²) in [5.41, 5.74) is 3.05. The van der Waals surface area contributed by atoms with Crippen molar-refractivity contribution in [2.24, 2.45) is 0 Å². The molecule has 0 fully saturated rings. The Morgan fingerprint density at radius 3 is 2.88 bits per heavy atom. The van der Waals surface area contributed by atoms with Gasteiger partial charge >= 0.3 is 0 Å². The topological polar surface area (TPSA) is 75.9 Å². The molecule has 8 heteroatoms. The van der Waals surface area contributed by atoms with Gasteiger partial charge in [-0.05, 0) is 36.4 Å². The van der Waals surface area contributed by atoms with E-state index in [0.717, 1.165) is 21.9 Å². The second-order valence-corrected chi connectivity index (χ2v) is 8.32. The maximum atomic E-state index is 12.7. The van der Waals surface area contributed by atoms with Crippen molar-refractivity contribution in [3.05, 3.63) is 84.8 Å². The fraction of sp³-hybridized carbons (Fsp3) is 0.125. The summed E-state index contributed by atoms with van der Waals surface area (Å²) in [6, 6.07) is 20.6. The van der Waals surface area contributed by atoms with Gasteiger partial charge in [-0.2, -0.15) is 0 Å². The van der Waals surface area contributed by atoms with Gasteiger partial charge in [0, 0.05) is 29.0 Å². The van der Waals surface area contributed by atoms with Crippen molar-refractivity contribution >= 4 is 40.6 Å². The third-order valence-electron chi connectivity index (χ3n) is 5.03. The summed E-state index contributed by atoms with van der Waals surface area (Å²) in [6.07, 6.45) is 3.86. The number of imidazole rings is 1. The minimum atomic E-state index is -0.266. The number of carbonyl (C=O) groups excluding carboxylic acids is 2. The van der Waals surface area contributed by atoms with E-state index in [1.54, 1.807) is 12.1 Å². The number of carbonyl (C=O) groups is 2. The highest BCUT2D eigenvalue weighted by Crippen LogP contribution is 2.34. The summed E-state index contributed by atoms with van der Waals surface area (Å²) in [7, 11) is 0. The molecular weight excluding hydrogens is 424 g/mol. The number of anilines is 2. The molecule has 160 valence electrons. The van der Waals surface area contributed by atoms with E-state index in [9.17, 15) is 9.59 Å². The summed E-state index contributed by atoms with van der Waals surface area (Å²) in [5.74, 6) is 0.609. The average Bonchev–Trinajstić information content (AvgIpc) is 3.23. The Kier molecular flexibility index (Phi) is 5.51. The molecule has 5 rings (SSSR count). The van der Waals surface area contributed by atoms with Gasteiger partial charge in [-0.15, -0.1) is 11.8 Å². The van der Waals surface area contributed by atoms with E-state index in [-0.39, 0.29) is 18.4 Å². The zero-order chi connectivity index (χ0) is 21.9. The van der Waals surface area contributed by atoms with Crippen LogP contribution in [0.15, 0.2) is 84.0 Å². The highest BCUT2D eigenvalue weighted by Gasteiger charge is 2.26. The summed E-state index contributed by atoms with van der Waals surface area (Å²) in [4.78, 5) is 32.1. The molecule has 0 bridgehead atoms. The zero-order valence-electron chi connectivity index (χ0n) is 17.1. The van der Waals surface area contributed by atoms with Crippen molar-refractivity contribution in [1.29, 1.82) is 0 Å². The number of pyridine rings is 1. The molecule has 0 aliphatic carbocycles. The maximum Gasteiger partial charge on any atom is 0.244 e. The first kappa shape index (κ1) is 20.1. The lowest BCUT2D eigenvalue weighted by Gasteiger charge is -2.28. The Morgan fingerprint density at radius 1 is 1.09 bits per heavy atom. The minimum Gasteiger partial charge on any atom is -0.487 e. The van der Waals surface area contributed by atoms with Crippen LogP contribution in [0.1, 0.15) is 5.69 Å². The molecule has 0 saturated heterocycles. The quantitative estimate of drug-likeness (QED) is 0.487. The van der Waals surface area contributed by atoms with Crippen LogP contribution >= 0.6 is 11.8 Å². The fourth-order valence-corrected chi connectivity index (χ4v) is 4.48. The molecule has 0 atom stereocenters. The number of fused-ring (bicyclic) bond motifs is 2. The number of thioether (sulfide) groups is 1. The number of hydrogen-bond donors (Lipinski definition) is 1. The number of amides is 2. The van der Waals surface area contributed by atoms with E-state index in [0.29, 0.717) is 23.8 Å². The van der Waals surface area contributed by atoms with Crippen molar-refractivity contribution in [2.75, 3.05) is 22.5 Å². The molecule has 0 unspecified atom stereocenters. The van der Waals surface area contributed by atoms with Crippen LogP contribution in [-0.2, 0) is 16.2 Å². The Morgan fingerprint density at radius 2 is 1.97 bits per heavy atom. The van der Waals surface area contributed by atoms with E-state index in [4.69, 9.17) is 4.74 Å². The summed E-state index contributed by atoms with van der Waals surface area (Å²) < 4.78 is 7.80. The molecule has 32 heavy (non-hydrogen) atoms. The predicted octanol–water partition coefficient (Wildman–Crippen LogP) is 3.99. The lowest BCUT2D eigenvalue weighted by Crippen LogP contribution is -2.41. The van der Waals surface area contributed by atoms with Crippen molar-refractivity contribution in [3.8, 4) is 5.75 Å². The van der Waals surface area contributed by atoms with E-state index < -0.39 is 0 Å². The largest absolute Gasteiger partial charge is 0.487 e. The molecule has 2 amide bonds. The molecular formula is C24H20N4O3S. The third kappa shape index (κ3) is 4.31. The number of nitrogens with one attached hydrogen (secondary N) is 1. The monoisotopic (exact) mass is 444 g/mol. The highest BCUT2D eigenvalue weighted by atomic mass is 32.2. The van der Waals surface area contributed by atoms with E-state index in [1.165, 1.54) is 16.7 Å². The number of ether oxygens (including phenoxy) is 1. The molecule has 3 heterocycles. The third-order valence-corrected chi connectivity index (χ3v) is 6.08. The SMILES string of the molecule is O=C(CN1C(=O)CSc2ccccc21)Nc1cccc(OCc2cn3ccccc3n2)c1. The van der Waals surface area contributed by atoms with Crippen LogP contribution in [0.5, 0.6) is 5.75 Å². The Labute approximate surface area is 189 Å². The van der Waals surface area contributed by atoms with Gasteiger partial charge in [0.2, 0.25) is 11.8 Å². The highest BCUT2D eigenvalue weighted by molar-refractivity contribution is 8.00. The Balaban J connectivity index is 1.23. The van der Waals surface area contributed by atoms with Crippen LogP contribution in [0.3, 0.4) is 0 Å². The molecule has 0 saturated carbocycles. The van der Waals surface area contributed by atoms with E-state index in [2.05, 4.69) is 10.3 Å². The second kappa shape index (κ2) is 8.76. The normalized spacial score (nSPS) is 13.1. The Bertz CT molecular complexity index is 1270. The molecule has 1 aliphatic heterocycles. The number of nitrogens with zero attached hydrogens (tertiary/aromatic N) is 3. The number of para-hydroxylation sites is 1.